The molecule has 0 bridgehead atoms. The molecule has 3 N–H and O–H groups in total. The van der Waals surface area contributed by atoms with Crippen LogP contribution in [0.4, 0.5) is 5.13 Å². The second-order valence-corrected chi connectivity index (χ2v) is 5.96. The molecule has 0 unspecified atom stereocenters. The van der Waals surface area contributed by atoms with Crippen molar-refractivity contribution in [3.63, 3.8) is 0 Å². The summed E-state index contributed by atoms with van der Waals surface area (Å²) in [5.41, 5.74) is -2.09. The van der Waals surface area contributed by atoms with Gasteiger partial charge in [0.05, 0.1) is 6.33 Å². The van der Waals surface area contributed by atoms with Crippen LogP contribution in [0.25, 0.3) is 11.2 Å². The van der Waals surface area contributed by atoms with Gasteiger partial charge in [0.2, 0.25) is 0 Å². The number of rotatable bonds is 3. The number of imidazole rings is 1. The zero-order valence-electron chi connectivity index (χ0n) is 11.7. The van der Waals surface area contributed by atoms with Crippen molar-refractivity contribution in [2.45, 2.75) is 19.4 Å². The fourth-order valence-electron chi connectivity index (χ4n) is 2.00. The molecule has 10 heteroatoms. The number of H-pyrrole nitrogens is 2. The molecule has 3 aromatic rings. The van der Waals surface area contributed by atoms with Crippen LogP contribution in [0.2, 0.25) is 0 Å². The van der Waals surface area contributed by atoms with Gasteiger partial charge in [0.25, 0.3) is 11.5 Å². The summed E-state index contributed by atoms with van der Waals surface area (Å²) in [6, 6.07) is 0. The van der Waals surface area contributed by atoms with Crippen molar-refractivity contribution in [3.8, 4) is 0 Å². The average molecular weight is 320 g/mol. The zero-order chi connectivity index (χ0) is 15.9. The summed E-state index contributed by atoms with van der Waals surface area (Å²) in [6.07, 6.45) is 2.92. The van der Waals surface area contributed by atoms with Gasteiger partial charge in [-0.3, -0.25) is 24.9 Å². The van der Waals surface area contributed by atoms with Crippen LogP contribution in [0.15, 0.2) is 27.5 Å². The predicted octanol–water partition coefficient (Wildman–Crippen LogP) is 0.243. The van der Waals surface area contributed by atoms with Gasteiger partial charge in [-0.2, -0.15) is 0 Å². The number of hydrogen-bond acceptors (Lipinski definition) is 6. The van der Waals surface area contributed by atoms with Crippen LogP contribution in [0.1, 0.15) is 13.8 Å². The standard InChI is InChI=1S/C12H12N6O3S/c1-12(2,9(20)17-11-13-3-4-22-11)18-5-14-6-7(18)15-10(21)16-8(6)19/h3-5H,1-2H3,(H,13,17,20)(H2,15,16,19,21). The molecular weight excluding hydrogens is 308 g/mol. The number of amides is 1. The number of anilines is 1. The van der Waals surface area contributed by atoms with Crippen LogP contribution in [0, 0.1) is 0 Å². The van der Waals surface area contributed by atoms with Gasteiger partial charge < -0.3 is 4.57 Å². The van der Waals surface area contributed by atoms with Crippen molar-refractivity contribution in [1.29, 1.82) is 0 Å². The lowest BCUT2D eigenvalue weighted by atomic mass is 10.0. The lowest BCUT2D eigenvalue weighted by Crippen LogP contribution is -2.40. The number of nitrogens with one attached hydrogen (secondary N) is 3. The zero-order valence-corrected chi connectivity index (χ0v) is 12.5. The van der Waals surface area contributed by atoms with E-state index in [9.17, 15) is 14.4 Å². The highest BCUT2D eigenvalue weighted by Gasteiger charge is 2.32. The molecule has 3 heterocycles. The summed E-state index contributed by atoms with van der Waals surface area (Å²) < 4.78 is 1.45. The predicted molar refractivity (Wildman–Crippen MR) is 81.0 cm³/mol. The highest BCUT2D eigenvalue weighted by Crippen LogP contribution is 2.22. The van der Waals surface area contributed by atoms with Crippen molar-refractivity contribution in [1.82, 2.24) is 24.5 Å². The number of aromatic amines is 2. The van der Waals surface area contributed by atoms with E-state index in [1.54, 1.807) is 25.4 Å². The summed E-state index contributed by atoms with van der Waals surface area (Å²) in [5.74, 6) is -0.345. The van der Waals surface area contributed by atoms with Gasteiger partial charge >= 0.3 is 5.69 Å². The number of nitrogens with zero attached hydrogens (tertiary/aromatic N) is 3. The molecular formula is C12H12N6O3S. The summed E-state index contributed by atoms with van der Waals surface area (Å²) in [6.45, 7) is 3.30. The quantitative estimate of drug-likeness (QED) is 0.637. The first-order valence-corrected chi connectivity index (χ1v) is 7.18. The van der Waals surface area contributed by atoms with Crippen molar-refractivity contribution in [2.24, 2.45) is 0 Å². The van der Waals surface area contributed by atoms with Crippen LogP contribution < -0.4 is 16.6 Å². The Hall–Kier alpha value is -2.75. The molecule has 1 amide bonds. The summed E-state index contributed by atoms with van der Waals surface area (Å²) in [5, 5.41) is 4.90. The van der Waals surface area contributed by atoms with E-state index in [0.29, 0.717) is 5.13 Å². The molecule has 114 valence electrons. The highest BCUT2D eigenvalue weighted by atomic mass is 32.1. The molecule has 0 spiro atoms. The van der Waals surface area contributed by atoms with E-state index >= 15 is 0 Å². The number of hydrogen-bond donors (Lipinski definition) is 3. The van der Waals surface area contributed by atoms with Crippen LogP contribution in [-0.4, -0.2) is 30.4 Å². The first-order valence-electron chi connectivity index (χ1n) is 6.30. The Kier molecular flexibility index (Phi) is 3.17. The number of thiazole rings is 1. The Morgan fingerprint density at radius 1 is 1.32 bits per heavy atom. The minimum Gasteiger partial charge on any atom is -0.302 e. The van der Waals surface area contributed by atoms with E-state index < -0.39 is 16.8 Å². The Bertz CT molecular complexity index is 949. The van der Waals surface area contributed by atoms with E-state index in [1.807, 2.05) is 0 Å². The summed E-state index contributed by atoms with van der Waals surface area (Å²) in [7, 11) is 0. The maximum absolute atomic E-state index is 12.5. The van der Waals surface area contributed by atoms with Gasteiger partial charge in [-0.15, -0.1) is 11.3 Å². The normalized spacial score (nSPS) is 11.7. The Morgan fingerprint density at radius 3 is 2.77 bits per heavy atom. The smallest absolute Gasteiger partial charge is 0.302 e. The molecule has 0 radical (unpaired) electrons. The van der Waals surface area contributed by atoms with Crippen molar-refractivity contribution >= 4 is 33.5 Å². The maximum Gasteiger partial charge on any atom is 0.327 e. The van der Waals surface area contributed by atoms with Crippen LogP contribution in [0.3, 0.4) is 0 Å². The van der Waals surface area contributed by atoms with E-state index in [4.69, 9.17) is 0 Å². The van der Waals surface area contributed by atoms with E-state index in [2.05, 4.69) is 25.3 Å². The van der Waals surface area contributed by atoms with Crippen LogP contribution >= 0.6 is 11.3 Å². The molecule has 0 aliphatic carbocycles. The van der Waals surface area contributed by atoms with Gasteiger partial charge in [0.1, 0.15) is 11.2 Å². The van der Waals surface area contributed by atoms with Gasteiger partial charge in [-0.05, 0) is 13.8 Å². The van der Waals surface area contributed by atoms with Crippen molar-refractivity contribution in [3.05, 3.63) is 38.7 Å². The van der Waals surface area contributed by atoms with Crippen LogP contribution in [0.5, 0.6) is 0 Å². The minimum absolute atomic E-state index is 0.0646. The highest BCUT2D eigenvalue weighted by molar-refractivity contribution is 7.13. The molecule has 0 aliphatic heterocycles. The van der Waals surface area contributed by atoms with E-state index in [1.165, 1.54) is 22.2 Å². The lowest BCUT2D eigenvalue weighted by molar-refractivity contribution is -0.122. The molecule has 9 nitrogen and oxygen atoms in total. The van der Waals surface area contributed by atoms with Crippen molar-refractivity contribution < 1.29 is 4.79 Å². The third-order valence-corrected chi connectivity index (χ3v) is 3.94. The van der Waals surface area contributed by atoms with Gasteiger partial charge in [-0.25, -0.2) is 14.8 Å². The van der Waals surface area contributed by atoms with Crippen molar-refractivity contribution in [2.75, 3.05) is 5.32 Å². The van der Waals surface area contributed by atoms with Gasteiger partial charge in [-0.1, -0.05) is 0 Å². The molecule has 0 aromatic carbocycles. The monoisotopic (exact) mass is 320 g/mol. The molecule has 0 aliphatic rings. The molecule has 22 heavy (non-hydrogen) atoms. The summed E-state index contributed by atoms with van der Waals surface area (Å²) in [4.78, 5) is 48.2. The third-order valence-electron chi connectivity index (χ3n) is 3.25. The first kappa shape index (κ1) is 14.2. The molecule has 0 atom stereocenters. The fourth-order valence-corrected chi connectivity index (χ4v) is 2.53. The summed E-state index contributed by atoms with van der Waals surface area (Å²) >= 11 is 1.29. The molecule has 0 saturated carbocycles. The van der Waals surface area contributed by atoms with Gasteiger partial charge in [0, 0.05) is 11.6 Å². The number of carbonyl (C=O) groups excluding carboxylic acids is 1. The molecule has 3 rings (SSSR count). The Morgan fingerprint density at radius 2 is 2.09 bits per heavy atom. The topological polar surface area (TPSA) is 126 Å². The number of carbonyl (C=O) groups is 1. The fraction of sp³-hybridized carbons (Fsp3) is 0.250. The average Bonchev–Trinajstić information content (AvgIpc) is 3.07. The minimum atomic E-state index is -1.09. The second-order valence-electron chi connectivity index (χ2n) is 5.07. The SMILES string of the molecule is CC(C)(C(=O)Nc1nccs1)n1cnc2c(=O)[nH]c(=O)[nH]c21. The largest absolute Gasteiger partial charge is 0.327 e. The molecule has 0 fully saturated rings. The third kappa shape index (κ3) is 2.22. The number of fused-ring (bicyclic) bond motifs is 1. The van der Waals surface area contributed by atoms with Crippen LogP contribution in [-0.2, 0) is 10.3 Å². The van der Waals surface area contributed by atoms with E-state index in [0.717, 1.165) is 0 Å². The Labute approximate surface area is 127 Å². The molecule has 0 saturated heterocycles. The lowest BCUT2D eigenvalue weighted by Gasteiger charge is -2.25. The maximum atomic E-state index is 12.5. The van der Waals surface area contributed by atoms with E-state index in [-0.39, 0.29) is 17.1 Å². The first-order chi connectivity index (χ1) is 10.4. The molecule has 3 aromatic heterocycles. The van der Waals surface area contributed by atoms with Gasteiger partial charge in [0.15, 0.2) is 10.6 Å². The second kappa shape index (κ2) is 4.91. The Balaban J connectivity index is 2.07. The number of aromatic nitrogens is 5.